The molecule has 0 spiro atoms. The highest BCUT2D eigenvalue weighted by molar-refractivity contribution is 7.89. The molecule has 0 bridgehead atoms. The maximum Gasteiger partial charge on any atom is 0.411 e. The van der Waals surface area contributed by atoms with Crippen molar-refractivity contribution in [3.8, 4) is 11.3 Å². The first-order valence-electron chi connectivity index (χ1n) is 8.28. The van der Waals surface area contributed by atoms with Crippen LogP contribution in [0.5, 0.6) is 0 Å². The number of sulfonamides is 1. The number of anilines is 1. The lowest BCUT2D eigenvalue weighted by molar-refractivity contribution is 0.187. The number of methoxy groups -OCH3 is 1. The number of benzene rings is 1. The van der Waals surface area contributed by atoms with Crippen LogP contribution < -0.4 is 10.0 Å². The summed E-state index contributed by atoms with van der Waals surface area (Å²) in [6.45, 7) is 0.116. The Labute approximate surface area is 162 Å². The molecule has 0 aliphatic heterocycles. The van der Waals surface area contributed by atoms with Gasteiger partial charge < -0.3 is 4.74 Å². The molecule has 8 nitrogen and oxygen atoms in total. The fourth-order valence-electron chi connectivity index (χ4n) is 2.41. The van der Waals surface area contributed by atoms with E-state index in [0.717, 1.165) is 16.8 Å². The highest BCUT2D eigenvalue weighted by Crippen LogP contribution is 2.18. The highest BCUT2D eigenvalue weighted by Gasteiger charge is 2.14. The van der Waals surface area contributed by atoms with Crippen LogP contribution in [-0.4, -0.2) is 31.6 Å². The molecule has 1 amide bonds. The Hall–Kier alpha value is -3.30. The van der Waals surface area contributed by atoms with Crippen LogP contribution in [-0.2, 0) is 21.3 Å². The summed E-state index contributed by atoms with van der Waals surface area (Å²) < 4.78 is 32.1. The van der Waals surface area contributed by atoms with Crippen LogP contribution in [0.3, 0.4) is 0 Å². The third-order valence-corrected chi connectivity index (χ3v) is 5.28. The van der Waals surface area contributed by atoms with E-state index in [4.69, 9.17) is 0 Å². The molecule has 3 aromatic rings. The van der Waals surface area contributed by atoms with Crippen molar-refractivity contribution in [2.24, 2.45) is 0 Å². The molecule has 2 heterocycles. The number of carbonyl (C=O) groups excluding carboxylic acids is 1. The summed E-state index contributed by atoms with van der Waals surface area (Å²) in [4.78, 5) is 19.5. The lowest BCUT2D eigenvalue weighted by Crippen LogP contribution is -2.23. The van der Waals surface area contributed by atoms with Gasteiger partial charge in [-0.1, -0.05) is 0 Å². The van der Waals surface area contributed by atoms with Crippen molar-refractivity contribution >= 4 is 21.8 Å². The predicted molar refractivity (Wildman–Crippen MR) is 104 cm³/mol. The standard InChI is InChI=1S/C19H18N4O4S/c1-27-19(24)23-16-2-4-17(5-3-16)28(25,26)22-13-14-6-11-21-18(12-14)15-7-9-20-10-8-15/h2-12,22H,13H2,1H3,(H,23,24). The Morgan fingerprint density at radius 1 is 1.04 bits per heavy atom. The van der Waals surface area contributed by atoms with Gasteiger partial charge in [0.2, 0.25) is 10.0 Å². The van der Waals surface area contributed by atoms with Gasteiger partial charge in [0, 0.05) is 36.4 Å². The van der Waals surface area contributed by atoms with E-state index in [1.54, 1.807) is 24.7 Å². The van der Waals surface area contributed by atoms with E-state index in [0.29, 0.717) is 5.69 Å². The number of amides is 1. The number of hydrogen-bond donors (Lipinski definition) is 2. The smallest absolute Gasteiger partial charge is 0.411 e. The summed E-state index contributed by atoms with van der Waals surface area (Å²) in [7, 11) is -2.46. The van der Waals surface area contributed by atoms with Crippen LogP contribution in [0.25, 0.3) is 11.3 Å². The minimum atomic E-state index is -3.71. The second kappa shape index (κ2) is 8.59. The largest absolute Gasteiger partial charge is 0.453 e. The van der Waals surface area contributed by atoms with Crippen LogP contribution in [0.15, 0.2) is 72.0 Å². The van der Waals surface area contributed by atoms with Crippen LogP contribution in [0, 0.1) is 0 Å². The van der Waals surface area contributed by atoms with Gasteiger partial charge >= 0.3 is 6.09 Å². The predicted octanol–water partition coefficient (Wildman–Crippen LogP) is 2.80. The number of nitrogens with zero attached hydrogens (tertiary/aromatic N) is 2. The first-order chi connectivity index (χ1) is 13.5. The van der Waals surface area contributed by atoms with Gasteiger partial charge in [0.25, 0.3) is 0 Å². The van der Waals surface area contributed by atoms with Crippen molar-refractivity contribution in [2.75, 3.05) is 12.4 Å². The van der Waals surface area contributed by atoms with Gasteiger partial charge in [-0.05, 0) is 54.1 Å². The second-order valence-electron chi connectivity index (χ2n) is 5.75. The van der Waals surface area contributed by atoms with Crippen molar-refractivity contribution in [2.45, 2.75) is 11.4 Å². The lowest BCUT2D eigenvalue weighted by atomic mass is 10.1. The number of ether oxygens (including phenoxy) is 1. The fourth-order valence-corrected chi connectivity index (χ4v) is 3.43. The molecule has 0 unspecified atom stereocenters. The SMILES string of the molecule is COC(=O)Nc1ccc(S(=O)(=O)NCc2ccnc(-c3ccncc3)c2)cc1. The number of hydrogen-bond acceptors (Lipinski definition) is 6. The molecule has 1 aromatic carbocycles. The zero-order chi connectivity index (χ0) is 20.0. The third-order valence-electron chi connectivity index (χ3n) is 3.86. The van der Waals surface area contributed by atoms with Crippen molar-refractivity contribution in [1.82, 2.24) is 14.7 Å². The maximum atomic E-state index is 12.5. The average molecular weight is 398 g/mol. The Bertz CT molecular complexity index is 1050. The molecule has 144 valence electrons. The molecule has 0 saturated heterocycles. The fraction of sp³-hybridized carbons (Fsp3) is 0.105. The van der Waals surface area contributed by atoms with Crippen LogP contribution in [0.4, 0.5) is 10.5 Å². The van der Waals surface area contributed by atoms with Crippen LogP contribution in [0.2, 0.25) is 0 Å². The van der Waals surface area contributed by atoms with E-state index in [-0.39, 0.29) is 11.4 Å². The Morgan fingerprint density at radius 3 is 2.43 bits per heavy atom. The molecule has 0 saturated carbocycles. The van der Waals surface area contributed by atoms with Crippen molar-refractivity contribution in [3.63, 3.8) is 0 Å². The molecule has 0 fully saturated rings. The Balaban J connectivity index is 1.69. The summed E-state index contributed by atoms with van der Waals surface area (Å²) in [6.07, 6.45) is 4.35. The van der Waals surface area contributed by atoms with E-state index in [1.165, 1.54) is 31.4 Å². The van der Waals surface area contributed by atoms with Gasteiger partial charge in [0.1, 0.15) is 0 Å². The number of aromatic nitrogens is 2. The summed E-state index contributed by atoms with van der Waals surface area (Å²) in [6, 6.07) is 13.0. The molecule has 0 radical (unpaired) electrons. The molecule has 0 aliphatic rings. The molecule has 0 atom stereocenters. The lowest BCUT2D eigenvalue weighted by Gasteiger charge is -2.09. The van der Waals surface area contributed by atoms with E-state index >= 15 is 0 Å². The minimum Gasteiger partial charge on any atom is -0.453 e. The monoisotopic (exact) mass is 398 g/mol. The first kappa shape index (κ1) is 19.5. The van der Waals surface area contributed by atoms with Crippen LogP contribution >= 0.6 is 0 Å². The zero-order valence-electron chi connectivity index (χ0n) is 15.0. The summed E-state index contributed by atoms with van der Waals surface area (Å²) in [5, 5.41) is 2.46. The molecule has 28 heavy (non-hydrogen) atoms. The number of pyridine rings is 2. The Morgan fingerprint density at radius 2 is 1.75 bits per heavy atom. The van der Waals surface area contributed by atoms with Gasteiger partial charge in [-0.2, -0.15) is 0 Å². The van der Waals surface area contributed by atoms with Crippen molar-refractivity contribution < 1.29 is 17.9 Å². The summed E-state index contributed by atoms with van der Waals surface area (Å²) in [5.74, 6) is 0. The van der Waals surface area contributed by atoms with Gasteiger partial charge in [-0.25, -0.2) is 17.9 Å². The quantitative estimate of drug-likeness (QED) is 0.661. The van der Waals surface area contributed by atoms with E-state index < -0.39 is 16.1 Å². The highest BCUT2D eigenvalue weighted by atomic mass is 32.2. The maximum absolute atomic E-state index is 12.5. The van der Waals surface area contributed by atoms with Gasteiger partial charge in [0.05, 0.1) is 17.7 Å². The van der Waals surface area contributed by atoms with Gasteiger partial charge in [0.15, 0.2) is 0 Å². The second-order valence-corrected chi connectivity index (χ2v) is 7.52. The normalized spacial score (nSPS) is 11.0. The first-order valence-corrected chi connectivity index (χ1v) is 9.76. The Kier molecular flexibility index (Phi) is 5.97. The molecule has 3 rings (SSSR count). The molecule has 0 aliphatic carbocycles. The van der Waals surface area contributed by atoms with E-state index in [1.807, 2.05) is 18.2 Å². The van der Waals surface area contributed by atoms with Crippen molar-refractivity contribution in [1.29, 1.82) is 0 Å². The molecule has 2 N–H and O–H groups in total. The molecular weight excluding hydrogens is 380 g/mol. The van der Waals surface area contributed by atoms with Gasteiger partial charge in [-0.3, -0.25) is 15.3 Å². The average Bonchev–Trinajstić information content (AvgIpc) is 2.73. The number of nitrogens with one attached hydrogen (secondary N) is 2. The minimum absolute atomic E-state index is 0.0892. The van der Waals surface area contributed by atoms with E-state index in [9.17, 15) is 13.2 Å². The topological polar surface area (TPSA) is 110 Å². The summed E-state index contributed by atoms with van der Waals surface area (Å²) >= 11 is 0. The van der Waals surface area contributed by atoms with Crippen molar-refractivity contribution in [3.05, 3.63) is 72.7 Å². The van der Waals surface area contributed by atoms with Gasteiger partial charge in [-0.15, -0.1) is 0 Å². The zero-order valence-corrected chi connectivity index (χ0v) is 15.8. The molecular formula is C19H18N4O4S. The van der Waals surface area contributed by atoms with Crippen LogP contribution in [0.1, 0.15) is 5.56 Å². The number of rotatable bonds is 6. The number of carbonyl (C=O) groups is 1. The molecule has 2 aromatic heterocycles. The third kappa shape index (κ3) is 4.90. The van der Waals surface area contributed by atoms with E-state index in [2.05, 4.69) is 24.7 Å². The summed E-state index contributed by atoms with van der Waals surface area (Å²) in [5.41, 5.74) is 2.84. The molecule has 9 heteroatoms.